The van der Waals surface area contributed by atoms with Crippen LogP contribution in [0.4, 0.5) is 5.82 Å². The highest BCUT2D eigenvalue weighted by Gasteiger charge is 2.49. The lowest BCUT2D eigenvalue weighted by molar-refractivity contribution is -0.137. The Kier molecular flexibility index (Phi) is 4.08. The molecular weight excluding hydrogens is 413 g/mol. The summed E-state index contributed by atoms with van der Waals surface area (Å²) in [6.07, 6.45) is 3.77. The molecule has 0 atom stereocenters. The fraction of sp³-hybridized carbons (Fsp3) is 0.625. The molecule has 1 saturated carbocycles. The first-order valence-corrected chi connectivity index (χ1v) is 9.07. The highest BCUT2D eigenvalue weighted by atomic mass is 127. The number of hydrogen-bond acceptors (Lipinski definition) is 3. The zero-order valence-corrected chi connectivity index (χ0v) is 16.1. The lowest BCUT2D eigenvalue weighted by Gasteiger charge is -2.48. The Balaban J connectivity index is 1.78. The van der Waals surface area contributed by atoms with Gasteiger partial charge in [-0.2, -0.15) is 0 Å². The van der Waals surface area contributed by atoms with Gasteiger partial charge in [0.15, 0.2) is 0 Å². The van der Waals surface area contributed by atoms with Gasteiger partial charge in [-0.3, -0.25) is 4.79 Å². The second-order valence-corrected chi connectivity index (χ2v) is 8.78. The van der Waals surface area contributed by atoms with E-state index in [0.717, 1.165) is 41.9 Å². The maximum Gasteiger partial charge on any atom is 0.228 e. The number of pyridine rings is 1. The number of amides is 1. The lowest BCUT2D eigenvalue weighted by Crippen LogP contribution is -2.61. The van der Waals surface area contributed by atoms with Crippen molar-refractivity contribution in [2.75, 3.05) is 24.5 Å². The van der Waals surface area contributed by atoms with Crippen molar-refractivity contribution in [2.45, 2.75) is 39.2 Å². The van der Waals surface area contributed by atoms with Gasteiger partial charge in [-0.25, -0.2) is 4.98 Å². The van der Waals surface area contributed by atoms with Gasteiger partial charge in [-0.15, -0.1) is 0 Å². The van der Waals surface area contributed by atoms with Gasteiger partial charge < -0.3 is 9.80 Å². The monoisotopic (exact) mass is 433 g/mol. The third-order valence-corrected chi connectivity index (χ3v) is 6.29. The van der Waals surface area contributed by atoms with Crippen molar-refractivity contribution in [3.63, 3.8) is 0 Å². The Morgan fingerprint density at radius 2 is 2.00 bits per heavy atom. The number of halogens is 2. The van der Waals surface area contributed by atoms with E-state index in [1.54, 1.807) is 6.20 Å². The average molecular weight is 434 g/mol. The van der Waals surface area contributed by atoms with Crippen LogP contribution in [0.2, 0.25) is 5.02 Å². The predicted octanol–water partition coefficient (Wildman–Crippen LogP) is 3.57. The van der Waals surface area contributed by atoms with E-state index >= 15 is 0 Å². The lowest BCUT2D eigenvalue weighted by atomic mass is 9.96. The van der Waals surface area contributed by atoms with Crippen LogP contribution >= 0.6 is 34.2 Å². The minimum Gasteiger partial charge on any atom is -0.348 e. The number of hydrogen-bond donors (Lipinski definition) is 0. The SMILES string of the molecule is CC1(C(=O)N2CCN(c3cc(I)c(Cl)cn3)C(C)(C)C2)CC1. The molecule has 1 amide bonds. The van der Waals surface area contributed by atoms with Crippen molar-refractivity contribution in [1.29, 1.82) is 0 Å². The molecule has 22 heavy (non-hydrogen) atoms. The van der Waals surface area contributed by atoms with Crippen LogP contribution in [-0.4, -0.2) is 41.0 Å². The van der Waals surface area contributed by atoms with Gasteiger partial charge in [-0.1, -0.05) is 18.5 Å². The van der Waals surface area contributed by atoms with Crippen LogP contribution in [0, 0.1) is 8.99 Å². The molecule has 2 fully saturated rings. The summed E-state index contributed by atoms with van der Waals surface area (Å²) in [6.45, 7) is 8.73. The van der Waals surface area contributed by atoms with E-state index in [0.29, 0.717) is 10.9 Å². The summed E-state index contributed by atoms with van der Waals surface area (Å²) in [5.74, 6) is 1.25. The summed E-state index contributed by atoms with van der Waals surface area (Å²) in [5.41, 5.74) is -0.227. The molecule has 4 nitrogen and oxygen atoms in total. The van der Waals surface area contributed by atoms with E-state index in [-0.39, 0.29) is 11.0 Å². The average Bonchev–Trinajstić information content (AvgIpc) is 3.19. The Labute approximate surface area is 150 Å². The standard InChI is InChI=1S/C16H21ClIN3O/c1-15(2)10-20(14(22)16(3)4-5-16)6-7-21(15)13-8-12(18)11(17)9-19-13/h8-9H,4-7,10H2,1-3H3. The van der Waals surface area contributed by atoms with Crippen molar-refractivity contribution in [3.8, 4) is 0 Å². The Morgan fingerprint density at radius 1 is 1.32 bits per heavy atom. The number of nitrogens with zero attached hydrogens (tertiary/aromatic N) is 3. The summed E-state index contributed by atoms with van der Waals surface area (Å²) in [6, 6.07) is 2.02. The molecule has 120 valence electrons. The minimum absolute atomic E-state index is 0.0911. The van der Waals surface area contributed by atoms with Crippen molar-refractivity contribution >= 4 is 45.9 Å². The van der Waals surface area contributed by atoms with Crippen LogP contribution in [0.3, 0.4) is 0 Å². The molecule has 2 aliphatic rings. The molecule has 0 unspecified atom stereocenters. The molecule has 2 heterocycles. The number of rotatable bonds is 2. The fourth-order valence-electron chi connectivity index (χ4n) is 3.09. The van der Waals surface area contributed by atoms with E-state index in [1.807, 2.05) is 11.0 Å². The largest absolute Gasteiger partial charge is 0.348 e. The van der Waals surface area contributed by atoms with Gasteiger partial charge in [0, 0.05) is 34.8 Å². The predicted molar refractivity (Wildman–Crippen MR) is 97.3 cm³/mol. The van der Waals surface area contributed by atoms with Crippen LogP contribution < -0.4 is 4.90 Å². The van der Waals surface area contributed by atoms with E-state index in [4.69, 9.17) is 11.6 Å². The molecule has 0 radical (unpaired) electrons. The number of carbonyl (C=O) groups is 1. The molecule has 0 spiro atoms. The molecule has 1 aliphatic carbocycles. The second-order valence-electron chi connectivity index (χ2n) is 7.21. The third-order valence-electron chi connectivity index (χ3n) is 4.78. The molecule has 6 heteroatoms. The zero-order valence-electron chi connectivity index (χ0n) is 13.2. The van der Waals surface area contributed by atoms with Gasteiger partial charge in [0.1, 0.15) is 5.82 Å². The highest BCUT2D eigenvalue weighted by molar-refractivity contribution is 14.1. The maximum atomic E-state index is 12.6. The van der Waals surface area contributed by atoms with Gasteiger partial charge in [0.25, 0.3) is 0 Å². The minimum atomic E-state index is -0.136. The maximum absolute atomic E-state index is 12.6. The topological polar surface area (TPSA) is 36.4 Å². The Morgan fingerprint density at radius 3 is 2.55 bits per heavy atom. The van der Waals surface area contributed by atoms with Gasteiger partial charge >= 0.3 is 0 Å². The summed E-state index contributed by atoms with van der Waals surface area (Å²) in [4.78, 5) is 21.4. The number of aromatic nitrogens is 1. The van der Waals surface area contributed by atoms with Gasteiger partial charge in [0.2, 0.25) is 5.91 Å². The van der Waals surface area contributed by atoms with Crippen LogP contribution in [-0.2, 0) is 4.79 Å². The van der Waals surface area contributed by atoms with E-state index in [1.165, 1.54) is 0 Å². The summed E-state index contributed by atoms with van der Waals surface area (Å²) < 4.78 is 1.00. The third kappa shape index (κ3) is 2.94. The highest BCUT2D eigenvalue weighted by Crippen LogP contribution is 2.47. The first-order chi connectivity index (χ1) is 10.2. The molecular formula is C16H21ClIN3O. The summed E-state index contributed by atoms with van der Waals surface area (Å²) in [5, 5.41) is 0.678. The van der Waals surface area contributed by atoms with E-state index in [2.05, 4.69) is 53.2 Å². The van der Waals surface area contributed by atoms with E-state index in [9.17, 15) is 4.79 Å². The fourth-order valence-corrected chi connectivity index (χ4v) is 3.61. The van der Waals surface area contributed by atoms with Crippen LogP contribution in [0.15, 0.2) is 12.3 Å². The molecule has 1 aliphatic heterocycles. The number of carbonyl (C=O) groups excluding carboxylic acids is 1. The van der Waals surface area contributed by atoms with Crippen LogP contribution in [0.25, 0.3) is 0 Å². The van der Waals surface area contributed by atoms with Crippen molar-refractivity contribution in [2.24, 2.45) is 5.41 Å². The first-order valence-electron chi connectivity index (χ1n) is 7.61. The molecule has 0 aromatic carbocycles. The molecule has 1 aromatic rings. The van der Waals surface area contributed by atoms with Gasteiger partial charge in [-0.05, 0) is 55.3 Å². The molecule has 0 bridgehead atoms. The summed E-state index contributed by atoms with van der Waals surface area (Å²) >= 11 is 8.30. The second kappa shape index (κ2) is 5.51. The normalized spacial score (nSPS) is 22.6. The molecule has 0 N–H and O–H groups in total. The van der Waals surface area contributed by atoms with Crippen molar-refractivity contribution < 1.29 is 4.79 Å². The number of anilines is 1. The smallest absolute Gasteiger partial charge is 0.228 e. The van der Waals surface area contributed by atoms with Crippen molar-refractivity contribution in [3.05, 3.63) is 20.9 Å². The zero-order chi connectivity index (χ0) is 16.1. The molecule has 1 aromatic heterocycles. The van der Waals surface area contributed by atoms with Crippen molar-refractivity contribution in [1.82, 2.24) is 9.88 Å². The molecule has 1 saturated heterocycles. The Hall–Kier alpha value is -0.560. The van der Waals surface area contributed by atoms with Gasteiger partial charge in [0.05, 0.1) is 10.6 Å². The van der Waals surface area contributed by atoms with Crippen LogP contribution in [0.1, 0.15) is 33.6 Å². The summed E-state index contributed by atoms with van der Waals surface area (Å²) in [7, 11) is 0. The number of piperazine rings is 1. The van der Waals surface area contributed by atoms with E-state index < -0.39 is 0 Å². The Bertz CT molecular complexity index is 615. The van der Waals surface area contributed by atoms with Crippen LogP contribution in [0.5, 0.6) is 0 Å². The molecule has 3 rings (SSSR count). The first kappa shape index (κ1) is 16.3. The quantitative estimate of drug-likeness (QED) is 0.669.